The molecule has 212 valence electrons. The molecule has 0 spiro atoms. The minimum Gasteiger partial charge on any atom is -0.508 e. The zero-order chi connectivity index (χ0) is 28.1. The van der Waals surface area contributed by atoms with Crippen LogP contribution in [0, 0.1) is 5.92 Å². The molecular weight excluding hydrogens is 492 g/mol. The summed E-state index contributed by atoms with van der Waals surface area (Å²) in [5.41, 5.74) is 2.68. The Morgan fingerprint density at radius 1 is 0.949 bits per heavy atom. The quantitative estimate of drug-likeness (QED) is 0.505. The zero-order valence-electron chi connectivity index (χ0n) is 23.8. The molecule has 8 heteroatoms. The number of nitrogens with zero attached hydrogens (tertiary/aromatic N) is 4. The van der Waals surface area contributed by atoms with Crippen molar-refractivity contribution in [1.82, 2.24) is 19.6 Å². The van der Waals surface area contributed by atoms with Crippen LogP contribution < -0.4 is 0 Å². The summed E-state index contributed by atoms with van der Waals surface area (Å²) in [5, 5.41) is 19.4. The van der Waals surface area contributed by atoms with E-state index in [1.165, 1.54) is 6.42 Å². The van der Waals surface area contributed by atoms with Crippen molar-refractivity contribution < 1.29 is 19.8 Å². The van der Waals surface area contributed by atoms with Gasteiger partial charge in [-0.3, -0.25) is 24.3 Å². The van der Waals surface area contributed by atoms with Gasteiger partial charge in [-0.15, -0.1) is 0 Å². The van der Waals surface area contributed by atoms with Gasteiger partial charge in [0.05, 0.1) is 12.6 Å². The topological polar surface area (TPSA) is 87.6 Å². The molecule has 0 bridgehead atoms. The molecule has 0 aliphatic carbocycles. The van der Waals surface area contributed by atoms with E-state index in [4.69, 9.17) is 5.11 Å². The number of rotatable bonds is 9. The lowest BCUT2D eigenvalue weighted by molar-refractivity contribution is -0.138. The van der Waals surface area contributed by atoms with E-state index in [1.54, 1.807) is 6.07 Å². The molecule has 8 nitrogen and oxygen atoms in total. The van der Waals surface area contributed by atoms with Crippen LogP contribution in [0.1, 0.15) is 61.6 Å². The number of carboxylic acid groups (broad SMARTS) is 1. The van der Waals surface area contributed by atoms with Crippen LogP contribution in [-0.4, -0.2) is 106 Å². The molecule has 0 radical (unpaired) electrons. The molecule has 4 atom stereocenters. The van der Waals surface area contributed by atoms with Gasteiger partial charge in [0.1, 0.15) is 5.75 Å². The van der Waals surface area contributed by atoms with E-state index in [0.29, 0.717) is 49.7 Å². The first-order valence-electron chi connectivity index (χ1n) is 14.3. The van der Waals surface area contributed by atoms with Gasteiger partial charge in [-0.25, -0.2) is 0 Å². The van der Waals surface area contributed by atoms with Gasteiger partial charge in [-0.05, 0) is 55.2 Å². The maximum Gasteiger partial charge on any atom is 0.317 e. The zero-order valence-corrected chi connectivity index (χ0v) is 23.8. The first kappa shape index (κ1) is 29.1. The standard InChI is InChI=1S/C31H44N4O4/c1-5-22(2)18-34-19-24(4)35(20-23(34)3)30(26-9-7-11-28(36)17-26)25-8-6-10-27(16-25)31(39)33-14-12-32(13-15-33)21-29(37)38/h6-11,16-17,22-24,30,36H,5,12-15,18-21H2,1-4H3,(H,37,38)/t22?,23-,24+,30?/m1/s1. The number of aliphatic carboxylic acids is 1. The van der Waals surface area contributed by atoms with E-state index in [2.05, 4.69) is 49.6 Å². The highest BCUT2D eigenvalue weighted by Crippen LogP contribution is 2.35. The second-order valence-corrected chi connectivity index (χ2v) is 11.4. The predicted octanol–water partition coefficient (Wildman–Crippen LogP) is 3.76. The maximum absolute atomic E-state index is 13.5. The van der Waals surface area contributed by atoms with Crippen molar-refractivity contribution in [2.24, 2.45) is 5.92 Å². The van der Waals surface area contributed by atoms with Gasteiger partial charge in [0.2, 0.25) is 0 Å². The van der Waals surface area contributed by atoms with Gasteiger partial charge in [-0.1, -0.05) is 44.5 Å². The van der Waals surface area contributed by atoms with Crippen molar-refractivity contribution in [3.63, 3.8) is 0 Å². The third kappa shape index (κ3) is 7.18. The summed E-state index contributed by atoms with van der Waals surface area (Å²) >= 11 is 0. The Balaban J connectivity index is 1.59. The smallest absolute Gasteiger partial charge is 0.317 e. The van der Waals surface area contributed by atoms with Crippen molar-refractivity contribution in [3.8, 4) is 5.75 Å². The second-order valence-electron chi connectivity index (χ2n) is 11.4. The van der Waals surface area contributed by atoms with Crippen LogP contribution in [0.15, 0.2) is 48.5 Å². The summed E-state index contributed by atoms with van der Waals surface area (Å²) in [6, 6.07) is 16.0. The number of carbonyl (C=O) groups excluding carboxylic acids is 1. The van der Waals surface area contributed by atoms with Crippen molar-refractivity contribution >= 4 is 11.9 Å². The van der Waals surface area contributed by atoms with Crippen molar-refractivity contribution in [2.75, 3.05) is 52.4 Å². The number of piperazine rings is 2. The molecule has 1 amide bonds. The van der Waals surface area contributed by atoms with Gasteiger partial charge in [0.15, 0.2) is 0 Å². The lowest BCUT2D eigenvalue weighted by Gasteiger charge is -2.48. The number of phenols is 1. The predicted molar refractivity (Wildman–Crippen MR) is 153 cm³/mol. The average molecular weight is 537 g/mol. The van der Waals surface area contributed by atoms with Gasteiger partial charge in [0, 0.05) is 63.5 Å². The van der Waals surface area contributed by atoms with Crippen molar-refractivity contribution in [3.05, 3.63) is 65.2 Å². The average Bonchev–Trinajstić information content (AvgIpc) is 2.91. The number of hydrogen-bond acceptors (Lipinski definition) is 6. The summed E-state index contributed by atoms with van der Waals surface area (Å²) in [6.07, 6.45) is 1.17. The van der Waals surface area contributed by atoms with Crippen LogP contribution in [0.3, 0.4) is 0 Å². The molecule has 2 saturated heterocycles. The van der Waals surface area contributed by atoms with Gasteiger partial charge >= 0.3 is 5.97 Å². The number of carbonyl (C=O) groups is 2. The monoisotopic (exact) mass is 536 g/mol. The number of aromatic hydroxyl groups is 1. The van der Waals surface area contributed by atoms with Crippen LogP contribution >= 0.6 is 0 Å². The Bertz CT molecular complexity index is 1130. The Hall–Kier alpha value is -2.94. The van der Waals surface area contributed by atoms with Crippen LogP contribution in [0.2, 0.25) is 0 Å². The molecular formula is C31H44N4O4. The Morgan fingerprint density at radius 3 is 2.26 bits per heavy atom. The Morgan fingerprint density at radius 2 is 1.62 bits per heavy atom. The van der Waals surface area contributed by atoms with E-state index in [1.807, 2.05) is 40.1 Å². The molecule has 2 heterocycles. The molecule has 2 aliphatic heterocycles. The lowest BCUT2D eigenvalue weighted by Crippen LogP contribution is -2.57. The number of phenolic OH excluding ortho intramolecular Hbond substituents is 1. The number of hydrogen-bond donors (Lipinski definition) is 2. The van der Waals surface area contributed by atoms with Gasteiger partial charge < -0.3 is 15.1 Å². The highest BCUT2D eigenvalue weighted by Gasteiger charge is 2.35. The fourth-order valence-corrected chi connectivity index (χ4v) is 5.96. The van der Waals surface area contributed by atoms with Gasteiger partial charge in [0.25, 0.3) is 5.91 Å². The Kier molecular flexibility index (Phi) is 9.64. The molecule has 2 aromatic carbocycles. The van der Waals surface area contributed by atoms with Crippen molar-refractivity contribution in [1.29, 1.82) is 0 Å². The molecule has 2 aliphatic rings. The van der Waals surface area contributed by atoms with Crippen molar-refractivity contribution in [2.45, 2.75) is 52.2 Å². The highest BCUT2D eigenvalue weighted by molar-refractivity contribution is 5.94. The van der Waals surface area contributed by atoms with E-state index in [9.17, 15) is 14.7 Å². The second kappa shape index (κ2) is 12.9. The number of benzene rings is 2. The van der Waals surface area contributed by atoms with E-state index >= 15 is 0 Å². The van der Waals surface area contributed by atoms with Crippen LogP contribution in [0.5, 0.6) is 5.75 Å². The fourth-order valence-electron chi connectivity index (χ4n) is 5.96. The lowest BCUT2D eigenvalue weighted by atomic mass is 9.92. The highest BCUT2D eigenvalue weighted by atomic mass is 16.4. The summed E-state index contributed by atoms with van der Waals surface area (Å²) in [6.45, 7) is 14.2. The van der Waals surface area contributed by atoms with E-state index in [0.717, 1.165) is 30.8 Å². The third-order valence-electron chi connectivity index (χ3n) is 8.39. The molecule has 39 heavy (non-hydrogen) atoms. The first-order chi connectivity index (χ1) is 18.7. The molecule has 2 N–H and O–H groups in total. The molecule has 0 saturated carbocycles. The van der Waals surface area contributed by atoms with Crippen LogP contribution in [0.4, 0.5) is 0 Å². The van der Waals surface area contributed by atoms with E-state index in [-0.39, 0.29) is 24.2 Å². The summed E-state index contributed by atoms with van der Waals surface area (Å²) in [4.78, 5) is 33.3. The van der Waals surface area contributed by atoms with Crippen LogP contribution in [0.25, 0.3) is 0 Å². The molecule has 2 unspecified atom stereocenters. The molecule has 0 aromatic heterocycles. The number of amides is 1. The minimum absolute atomic E-state index is 0.00431. The first-order valence-corrected chi connectivity index (χ1v) is 14.3. The fraction of sp³-hybridized carbons (Fsp3) is 0.548. The largest absolute Gasteiger partial charge is 0.508 e. The molecule has 2 aromatic rings. The third-order valence-corrected chi connectivity index (χ3v) is 8.39. The van der Waals surface area contributed by atoms with Crippen LogP contribution in [-0.2, 0) is 4.79 Å². The number of carboxylic acids is 1. The minimum atomic E-state index is -0.843. The SMILES string of the molecule is CCC(C)CN1C[C@H](C)N(C(c2cccc(O)c2)c2cccc(C(=O)N3CCN(CC(=O)O)CC3)c2)C[C@H]1C. The maximum atomic E-state index is 13.5. The summed E-state index contributed by atoms with van der Waals surface area (Å²) < 4.78 is 0. The molecule has 2 fully saturated rings. The molecule has 4 rings (SSSR count). The summed E-state index contributed by atoms with van der Waals surface area (Å²) in [7, 11) is 0. The summed E-state index contributed by atoms with van der Waals surface area (Å²) in [5.74, 6) is 0.0211. The van der Waals surface area contributed by atoms with E-state index < -0.39 is 5.97 Å². The van der Waals surface area contributed by atoms with Gasteiger partial charge in [-0.2, -0.15) is 0 Å². The normalized spacial score (nSPS) is 22.9. The Labute approximate surface area is 232 Å².